The molecule has 1 aliphatic rings. The molecule has 0 saturated heterocycles. The van der Waals surface area contributed by atoms with Gasteiger partial charge in [-0.05, 0) is 0 Å². The Morgan fingerprint density at radius 1 is 0.743 bits per heavy atom. The maximum Gasteiger partial charge on any atom is -1.00 e. The summed E-state index contributed by atoms with van der Waals surface area (Å²) in [5.41, 5.74) is 4.45. The van der Waals surface area contributed by atoms with E-state index in [1.165, 1.54) is 21.5 Å². The van der Waals surface area contributed by atoms with Crippen molar-refractivity contribution in [2.45, 2.75) is 11.1 Å². The van der Waals surface area contributed by atoms with Gasteiger partial charge in [-0.1, -0.05) is 0 Å². The van der Waals surface area contributed by atoms with E-state index in [1.807, 2.05) is 31.2 Å². The summed E-state index contributed by atoms with van der Waals surface area (Å²) in [4.78, 5) is 13.6. The van der Waals surface area contributed by atoms with E-state index in [9.17, 15) is 4.79 Å². The Hall–Kier alpha value is -2.40. The van der Waals surface area contributed by atoms with Crippen LogP contribution < -0.4 is 39.0 Å². The van der Waals surface area contributed by atoms with Crippen LogP contribution in [0.2, 0.25) is 0 Å². The SMILES string of the molecule is Cc1ccccc1C(=O)[NH][Ti+2]([CH]1C=Cc2ccccc21)[SiH](c1ccccc1)c1ccccc1.[Cl-].[Cl-]. The van der Waals surface area contributed by atoms with E-state index in [-0.39, 0.29) is 30.7 Å². The molecule has 1 N–H and O–H groups in total. The van der Waals surface area contributed by atoms with E-state index in [1.54, 1.807) is 0 Å². The van der Waals surface area contributed by atoms with Gasteiger partial charge < -0.3 is 24.8 Å². The number of benzene rings is 4. The zero-order valence-corrected chi connectivity index (χ0v) is 23.6. The summed E-state index contributed by atoms with van der Waals surface area (Å²) >= 11 is -2.26. The third-order valence-corrected chi connectivity index (χ3v) is 19.8. The van der Waals surface area contributed by atoms with Gasteiger partial charge >= 0.3 is 204 Å². The van der Waals surface area contributed by atoms with Crippen molar-refractivity contribution in [2.24, 2.45) is 0 Å². The maximum absolute atomic E-state index is 13.6. The Labute approximate surface area is 227 Å². The molecule has 5 rings (SSSR count). The first-order valence-electron chi connectivity index (χ1n) is 11.3. The summed E-state index contributed by atoms with van der Waals surface area (Å²) in [7, 11) is 0. The fraction of sp³-hybridized carbons (Fsp3) is 0.0690. The van der Waals surface area contributed by atoms with Gasteiger partial charge in [-0.25, -0.2) is 0 Å². The van der Waals surface area contributed by atoms with Crippen LogP contribution in [-0.4, -0.2) is 12.6 Å². The molecule has 0 heterocycles. The van der Waals surface area contributed by atoms with Gasteiger partial charge in [-0.2, -0.15) is 0 Å². The zero-order valence-electron chi connectivity index (χ0n) is 19.4. The number of carbonyl (C=O) groups excluding carboxylic acids is 1. The van der Waals surface area contributed by atoms with Gasteiger partial charge in [0.1, 0.15) is 0 Å². The molecule has 6 heteroatoms. The van der Waals surface area contributed by atoms with Gasteiger partial charge in [-0.3, -0.25) is 0 Å². The van der Waals surface area contributed by atoms with Crippen molar-refractivity contribution in [3.63, 3.8) is 0 Å². The summed E-state index contributed by atoms with van der Waals surface area (Å²) in [6.07, 6.45) is 4.60. The topological polar surface area (TPSA) is 29.1 Å². The summed E-state index contributed by atoms with van der Waals surface area (Å²) in [6.45, 7) is 0.327. The van der Waals surface area contributed by atoms with Crippen molar-refractivity contribution in [2.75, 3.05) is 0 Å². The normalized spacial score (nSPS) is 13.4. The van der Waals surface area contributed by atoms with Gasteiger partial charge in [-0.15, -0.1) is 0 Å². The molecule has 0 bridgehead atoms. The number of hydrogen-bond acceptors (Lipinski definition) is 1. The third-order valence-electron chi connectivity index (χ3n) is 6.36. The predicted molar refractivity (Wildman–Crippen MR) is 136 cm³/mol. The summed E-state index contributed by atoms with van der Waals surface area (Å²) in [5, 5.41) is 2.81. The number of hydrogen-bond donors (Lipinski definition) is 1. The molecule has 4 aromatic rings. The maximum atomic E-state index is 13.6. The molecule has 1 aliphatic carbocycles. The molecule has 0 aromatic heterocycles. The molecular weight excluding hydrogens is 525 g/mol. The van der Waals surface area contributed by atoms with Crippen molar-refractivity contribution in [3.8, 4) is 0 Å². The smallest absolute Gasteiger partial charge is 1.00 e. The fourth-order valence-electron chi connectivity index (χ4n) is 4.72. The molecule has 4 aromatic carbocycles. The van der Waals surface area contributed by atoms with Crippen molar-refractivity contribution < 1.29 is 47.0 Å². The number of halogens is 2. The van der Waals surface area contributed by atoms with Crippen LogP contribution in [0.1, 0.15) is 31.3 Å². The summed E-state index contributed by atoms with van der Waals surface area (Å²) < 4.78 is 3.99. The van der Waals surface area contributed by atoms with Crippen molar-refractivity contribution in [3.05, 3.63) is 138 Å². The Balaban J connectivity index is 0.00000171. The molecule has 0 aliphatic heterocycles. The number of aryl methyl sites for hydroxylation is 1. The van der Waals surface area contributed by atoms with E-state index in [2.05, 4.69) is 101 Å². The third kappa shape index (κ3) is 5.88. The van der Waals surface area contributed by atoms with Crippen LogP contribution >= 0.6 is 0 Å². The number of nitrogens with one attached hydrogen (secondary N) is 1. The molecule has 35 heavy (non-hydrogen) atoms. The number of fused-ring (bicyclic) bond motifs is 1. The average molecular weight is 551 g/mol. The Kier molecular flexibility index (Phi) is 9.73. The van der Waals surface area contributed by atoms with Gasteiger partial charge in [0, 0.05) is 0 Å². The number of rotatable bonds is 6. The van der Waals surface area contributed by atoms with E-state index < -0.39 is 24.0 Å². The molecule has 175 valence electrons. The quantitative estimate of drug-likeness (QED) is 0.293. The summed E-state index contributed by atoms with van der Waals surface area (Å²) in [6, 6.07) is 38.3. The molecule has 0 radical (unpaired) electrons. The average Bonchev–Trinajstić information content (AvgIpc) is 3.29. The zero-order chi connectivity index (χ0) is 22.6. The monoisotopic (exact) mass is 550 g/mol. The second-order valence-electron chi connectivity index (χ2n) is 8.44. The fourth-order valence-corrected chi connectivity index (χ4v) is 19.1. The molecule has 1 atom stereocenters. The minimum atomic E-state index is -2.26. The van der Waals surface area contributed by atoms with E-state index in [4.69, 9.17) is 0 Å². The van der Waals surface area contributed by atoms with Crippen LogP contribution in [0.25, 0.3) is 6.08 Å². The molecule has 2 nitrogen and oxygen atoms in total. The number of amides is 1. The van der Waals surface area contributed by atoms with Crippen LogP contribution in [0.5, 0.6) is 0 Å². The van der Waals surface area contributed by atoms with E-state index >= 15 is 0 Å². The molecule has 1 amide bonds. The van der Waals surface area contributed by atoms with Gasteiger partial charge in [0.25, 0.3) is 0 Å². The van der Waals surface area contributed by atoms with E-state index in [0.717, 1.165) is 11.1 Å². The Bertz CT molecular complexity index is 1260. The first kappa shape index (κ1) is 27.2. The van der Waals surface area contributed by atoms with Gasteiger partial charge in [0.05, 0.1) is 0 Å². The summed E-state index contributed by atoms with van der Waals surface area (Å²) in [5.74, 6) is 0.0743. The van der Waals surface area contributed by atoms with Crippen LogP contribution in [0.3, 0.4) is 0 Å². The van der Waals surface area contributed by atoms with Crippen LogP contribution in [0, 0.1) is 6.92 Å². The molecule has 0 fully saturated rings. The van der Waals surface area contributed by atoms with Crippen molar-refractivity contribution >= 4 is 29.0 Å². The van der Waals surface area contributed by atoms with Crippen LogP contribution in [-0.2, 0) is 17.4 Å². The van der Waals surface area contributed by atoms with Gasteiger partial charge in [0.15, 0.2) is 0 Å². The van der Waals surface area contributed by atoms with Gasteiger partial charge in [0.2, 0.25) is 0 Å². The Morgan fingerprint density at radius 2 is 1.29 bits per heavy atom. The molecular formula is C29H26Cl2NOSiTi. The second-order valence-corrected chi connectivity index (χ2v) is 18.7. The molecule has 0 saturated carbocycles. The molecule has 0 spiro atoms. The van der Waals surface area contributed by atoms with Crippen LogP contribution in [0.15, 0.2) is 115 Å². The minimum absolute atomic E-state index is 0. The van der Waals surface area contributed by atoms with E-state index in [0.29, 0.717) is 4.22 Å². The largest absolute Gasteiger partial charge is 1.00 e. The second kappa shape index (κ2) is 12.5. The Morgan fingerprint density at radius 3 is 1.91 bits per heavy atom. The number of carbonyl (C=O) groups is 1. The van der Waals surface area contributed by atoms with Crippen molar-refractivity contribution in [1.29, 1.82) is 0 Å². The first-order valence-corrected chi connectivity index (χ1v) is 17.4. The van der Waals surface area contributed by atoms with Crippen LogP contribution in [0.4, 0.5) is 0 Å². The standard InChI is InChI=1S/C12H11Si.C9H7.C8H9NO.2ClH.Ti/c1-3-7-11(8-4-1)13-12-9-5-2-6-10-12;1-2-5-9-7-3-6-8(9)4-1;1-6-4-2-3-5-7(6)8(9)10;;;/h1-10,13H;1-7H;2-5H,1H3,(H2,9,10);2*1H;/q;;;;;+3/p-3. The minimum Gasteiger partial charge on any atom is -1.00 e. The predicted octanol–water partition coefficient (Wildman–Crippen LogP) is -1.43. The molecule has 1 unspecified atom stereocenters. The first-order chi connectivity index (χ1) is 16.2. The number of allylic oxidation sites excluding steroid dienone is 1. The van der Waals surface area contributed by atoms with Crippen molar-refractivity contribution in [1.82, 2.24) is 3.80 Å².